The molecule has 0 bridgehead atoms. The second-order valence-corrected chi connectivity index (χ2v) is 9.26. The zero-order valence-electron chi connectivity index (χ0n) is 19.2. The molecule has 2 aliphatic rings. The summed E-state index contributed by atoms with van der Waals surface area (Å²) in [5.41, 5.74) is 5.75. The van der Waals surface area contributed by atoms with Gasteiger partial charge in [-0.15, -0.1) is 0 Å². The maximum Gasteiger partial charge on any atom is 0.237 e. The van der Waals surface area contributed by atoms with Crippen LogP contribution in [0.4, 0.5) is 20.2 Å². The lowest BCUT2D eigenvalue weighted by Gasteiger charge is -2.46. The van der Waals surface area contributed by atoms with Crippen LogP contribution in [0.5, 0.6) is 0 Å². The van der Waals surface area contributed by atoms with Crippen molar-refractivity contribution in [3.8, 4) is 0 Å². The van der Waals surface area contributed by atoms with E-state index in [0.29, 0.717) is 17.9 Å². The number of guanidine groups is 1. The molecular formula is C24H27F2N5O2. The van der Waals surface area contributed by atoms with Gasteiger partial charge < -0.3 is 16.0 Å². The third-order valence-corrected chi connectivity index (χ3v) is 6.97. The van der Waals surface area contributed by atoms with Gasteiger partial charge in [-0.2, -0.15) is 0 Å². The Balaban J connectivity index is 1.74. The summed E-state index contributed by atoms with van der Waals surface area (Å²) in [4.78, 5) is 32.3. The molecule has 0 aliphatic carbocycles. The van der Waals surface area contributed by atoms with E-state index in [-0.39, 0.29) is 29.4 Å². The van der Waals surface area contributed by atoms with Gasteiger partial charge in [0, 0.05) is 30.8 Å². The molecule has 2 aromatic rings. The van der Waals surface area contributed by atoms with Crippen LogP contribution in [-0.4, -0.2) is 36.3 Å². The smallest absolute Gasteiger partial charge is 0.237 e. The average Bonchev–Trinajstić information content (AvgIpc) is 3.10. The lowest BCUT2D eigenvalue weighted by Crippen LogP contribution is -2.58. The number of fused-ring (bicyclic) bond motifs is 1. The van der Waals surface area contributed by atoms with Crippen LogP contribution >= 0.6 is 0 Å². The van der Waals surface area contributed by atoms with Crippen LogP contribution in [0.15, 0.2) is 41.4 Å². The predicted octanol–water partition coefficient (Wildman–Crippen LogP) is 3.51. The summed E-state index contributed by atoms with van der Waals surface area (Å²) >= 11 is 0. The fraction of sp³-hybridized carbons (Fsp3) is 0.375. The first kappa shape index (κ1) is 22.7. The molecule has 4 rings (SSSR count). The van der Waals surface area contributed by atoms with Crippen LogP contribution in [0, 0.1) is 17.0 Å². The third-order valence-electron chi connectivity index (χ3n) is 6.97. The van der Waals surface area contributed by atoms with Crippen molar-refractivity contribution in [2.75, 3.05) is 23.8 Å². The zero-order chi connectivity index (χ0) is 24.3. The van der Waals surface area contributed by atoms with E-state index in [0.717, 1.165) is 5.56 Å². The Bertz CT molecular complexity index is 1200. The van der Waals surface area contributed by atoms with Gasteiger partial charge in [0.2, 0.25) is 11.8 Å². The van der Waals surface area contributed by atoms with Gasteiger partial charge in [-0.1, -0.05) is 6.07 Å². The highest BCUT2D eigenvalue weighted by Gasteiger charge is 2.53. The van der Waals surface area contributed by atoms with Crippen molar-refractivity contribution >= 4 is 29.1 Å². The molecule has 0 saturated heterocycles. The molecule has 0 aromatic heterocycles. The van der Waals surface area contributed by atoms with Gasteiger partial charge in [0.15, 0.2) is 5.96 Å². The number of benzene rings is 2. The molecule has 0 fully saturated rings. The van der Waals surface area contributed by atoms with E-state index in [1.807, 2.05) is 0 Å². The standard InChI is InChI=1S/C24H27F2N5O2/c1-13(32)31-12-19(16-8-6-14(25)10-20(16)31)28-15-7-9-18(26)17(11-15)24(4)23(2,3)21(33)30(5)22(27)29-24/h6-11,19,28H,12H2,1-5H3,(H2,27,29). The molecule has 2 unspecified atom stereocenters. The van der Waals surface area contributed by atoms with Crippen LogP contribution in [0.1, 0.15) is 44.9 Å². The Morgan fingerprint density at radius 1 is 1.18 bits per heavy atom. The zero-order valence-corrected chi connectivity index (χ0v) is 19.2. The third kappa shape index (κ3) is 3.42. The van der Waals surface area contributed by atoms with Gasteiger partial charge >= 0.3 is 0 Å². The summed E-state index contributed by atoms with van der Waals surface area (Å²) in [6.07, 6.45) is 0. The first-order chi connectivity index (χ1) is 15.4. The lowest BCUT2D eigenvalue weighted by atomic mass is 9.67. The van der Waals surface area contributed by atoms with E-state index in [1.54, 1.807) is 39.0 Å². The van der Waals surface area contributed by atoms with Crippen molar-refractivity contribution in [2.24, 2.45) is 16.1 Å². The average molecular weight is 456 g/mol. The number of halogens is 2. The Kier molecular flexibility index (Phi) is 5.18. The number of nitrogens with zero attached hydrogens (tertiary/aromatic N) is 3. The predicted molar refractivity (Wildman–Crippen MR) is 123 cm³/mol. The summed E-state index contributed by atoms with van der Waals surface area (Å²) in [6.45, 7) is 6.85. The fourth-order valence-electron chi connectivity index (χ4n) is 4.61. The SMILES string of the molecule is CC(=O)N1CC(Nc2ccc(F)c(C3(C)N=C(N)N(C)C(=O)C3(C)C)c2)c2ccc(F)cc21. The molecule has 0 spiro atoms. The van der Waals surface area contributed by atoms with E-state index >= 15 is 4.39 Å². The van der Waals surface area contributed by atoms with Gasteiger partial charge in [0.1, 0.15) is 17.2 Å². The number of amides is 2. The van der Waals surface area contributed by atoms with Crippen LogP contribution in [0.2, 0.25) is 0 Å². The van der Waals surface area contributed by atoms with E-state index in [1.165, 1.54) is 42.0 Å². The van der Waals surface area contributed by atoms with Gasteiger partial charge in [-0.05, 0) is 51.1 Å². The summed E-state index contributed by atoms with van der Waals surface area (Å²) < 4.78 is 28.9. The van der Waals surface area contributed by atoms with Crippen LogP contribution in [0.25, 0.3) is 0 Å². The van der Waals surface area contributed by atoms with Crippen molar-refractivity contribution in [1.29, 1.82) is 0 Å². The van der Waals surface area contributed by atoms with Gasteiger partial charge in [0.05, 0.1) is 23.7 Å². The minimum atomic E-state index is -1.25. The largest absolute Gasteiger partial charge is 0.376 e. The molecule has 0 radical (unpaired) electrons. The minimum Gasteiger partial charge on any atom is -0.376 e. The molecule has 2 aromatic carbocycles. The molecule has 3 N–H and O–H groups in total. The number of aliphatic imine (C=N–C) groups is 1. The van der Waals surface area contributed by atoms with Gasteiger partial charge in [-0.25, -0.2) is 13.8 Å². The lowest BCUT2D eigenvalue weighted by molar-refractivity contribution is -0.140. The molecule has 7 nitrogen and oxygen atoms in total. The highest BCUT2D eigenvalue weighted by atomic mass is 19.1. The normalized spacial score (nSPS) is 23.9. The quantitative estimate of drug-likeness (QED) is 0.741. The fourth-order valence-corrected chi connectivity index (χ4v) is 4.61. The molecule has 0 saturated carbocycles. The van der Waals surface area contributed by atoms with Gasteiger partial charge in [0.25, 0.3) is 0 Å². The first-order valence-corrected chi connectivity index (χ1v) is 10.6. The number of carbonyl (C=O) groups excluding carboxylic acids is 2. The van der Waals surface area contributed by atoms with Crippen LogP contribution in [0.3, 0.4) is 0 Å². The number of hydrogen-bond acceptors (Lipinski definition) is 5. The molecule has 2 amide bonds. The topological polar surface area (TPSA) is 91.0 Å². The maximum atomic E-state index is 15.1. The maximum absolute atomic E-state index is 15.1. The Morgan fingerprint density at radius 2 is 1.88 bits per heavy atom. The molecule has 2 atom stereocenters. The molecule has 33 heavy (non-hydrogen) atoms. The summed E-state index contributed by atoms with van der Waals surface area (Å²) in [7, 11) is 1.54. The molecular weight excluding hydrogens is 428 g/mol. The van der Waals surface area contributed by atoms with Crippen LogP contribution in [-0.2, 0) is 15.1 Å². The van der Waals surface area contributed by atoms with Crippen molar-refractivity contribution < 1.29 is 18.4 Å². The molecule has 2 heterocycles. The Morgan fingerprint density at radius 3 is 2.55 bits per heavy atom. The number of nitrogens with one attached hydrogen (secondary N) is 1. The van der Waals surface area contributed by atoms with Crippen molar-refractivity contribution in [1.82, 2.24) is 4.90 Å². The Labute approximate surface area is 191 Å². The summed E-state index contributed by atoms with van der Waals surface area (Å²) in [6, 6.07) is 8.51. The molecule has 9 heteroatoms. The van der Waals surface area contributed by atoms with Crippen LogP contribution < -0.4 is 16.0 Å². The molecule has 174 valence electrons. The molecule has 2 aliphatic heterocycles. The second kappa shape index (κ2) is 7.54. The monoisotopic (exact) mass is 455 g/mol. The van der Waals surface area contributed by atoms with Crippen molar-refractivity contribution in [3.63, 3.8) is 0 Å². The highest BCUT2D eigenvalue weighted by molar-refractivity contribution is 6.01. The van der Waals surface area contributed by atoms with E-state index in [9.17, 15) is 14.0 Å². The Hall–Kier alpha value is -3.49. The number of rotatable bonds is 3. The van der Waals surface area contributed by atoms with E-state index in [4.69, 9.17) is 5.73 Å². The second-order valence-electron chi connectivity index (χ2n) is 9.26. The van der Waals surface area contributed by atoms with E-state index in [2.05, 4.69) is 10.3 Å². The summed E-state index contributed by atoms with van der Waals surface area (Å²) in [5.74, 6) is -1.39. The van der Waals surface area contributed by atoms with E-state index < -0.39 is 22.6 Å². The number of carbonyl (C=O) groups is 2. The van der Waals surface area contributed by atoms with Crippen molar-refractivity contribution in [2.45, 2.75) is 39.3 Å². The minimum absolute atomic E-state index is 0.0171. The summed E-state index contributed by atoms with van der Waals surface area (Å²) in [5, 5.41) is 3.33. The number of nitrogens with two attached hydrogens (primary N) is 1. The number of anilines is 2. The number of hydrogen-bond donors (Lipinski definition) is 2. The van der Waals surface area contributed by atoms with Crippen molar-refractivity contribution in [3.05, 3.63) is 59.2 Å². The first-order valence-electron chi connectivity index (χ1n) is 10.6. The highest BCUT2D eigenvalue weighted by Crippen LogP contribution is 2.48. The van der Waals surface area contributed by atoms with Gasteiger partial charge in [-0.3, -0.25) is 14.5 Å².